The van der Waals surface area contributed by atoms with Gasteiger partial charge in [0.15, 0.2) is 0 Å². The third-order valence-electron chi connectivity index (χ3n) is 2.27. The molecule has 0 radical (unpaired) electrons. The molecule has 0 aliphatic heterocycles. The second-order valence-corrected chi connectivity index (χ2v) is 5.52. The maximum absolute atomic E-state index is 13.4. The van der Waals surface area contributed by atoms with Crippen LogP contribution in [-0.4, -0.2) is 28.6 Å². The minimum Gasteiger partial charge on any atom is -0.320 e. The molecule has 1 rings (SSSR count). The van der Waals surface area contributed by atoms with Gasteiger partial charge in [0.25, 0.3) is 0 Å². The van der Waals surface area contributed by atoms with E-state index in [0.717, 1.165) is 6.07 Å². The van der Waals surface area contributed by atoms with Gasteiger partial charge in [0.1, 0.15) is 10.7 Å². The van der Waals surface area contributed by atoms with Crippen LogP contribution in [0.2, 0.25) is 0 Å². The van der Waals surface area contributed by atoms with Crippen LogP contribution in [0.4, 0.5) is 4.39 Å². The van der Waals surface area contributed by atoms with Crippen molar-refractivity contribution in [2.75, 3.05) is 20.1 Å². The molecule has 0 saturated carbocycles. The van der Waals surface area contributed by atoms with Crippen LogP contribution in [0.5, 0.6) is 0 Å². The van der Waals surface area contributed by atoms with Gasteiger partial charge >= 0.3 is 0 Å². The summed E-state index contributed by atoms with van der Waals surface area (Å²) in [6.07, 6.45) is 0.656. The quantitative estimate of drug-likeness (QED) is 0.781. The van der Waals surface area contributed by atoms with Crippen LogP contribution in [0.25, 0.3) is 0 Å². The molecule has 2 N–H and O–H groups in total. The molecule has 0 bridgehead atoms. The van der Waals surface area contributed by atoms with Crippen LogP contribution < -0.4 is 10.0 Å². The predicted molar refractivity (Wildman–Crippen MR) is 72.1 cm³/mol. The maximum Gasteiger partial charge on any atom is 0.243 e. The fraction of sp³-hybridized carbons (Fsp3) is 0.455. The van der Waals surface area contributed by atoms with E-state index < -0.39 is 15.8 Å². The zero-order valence-corrected chi connectivity index (χ0v) is 12.0. The lowest BCUT2D eigenvalue weighted by Gasteiger charge is -2.08. The van der Waals surface area contributed by atoms with E-state index in [1.54, 1.807) is 14.0 Å². The first-order valence-electron chi connectivity index (χ1n) is 5.38. The number of nitrogens with one attached hydrogen (secondary N) is 2. The Balaban J connectivity index is 0.00000289. The van der Waals surface area contributed by atoms with Crippen molar-refractivity contribution in [2.24, 2.45) is 0 Å². The molecular formula is C11H18ClFN2O2S. The maximum atomic E-state index is 13.4. The molecular weight excluding hydrogens is 279 g/mol. The minimum atomic E-state index is -3.75. The van der Waals surface area contributed by atoms with Crippen molar-refractivity contribution in [3.8, 4) is 0 Å². The highest BCUT2D eigenvalue weighted by molar-refractivity contribution is 7.89. The zero-order chi connectivity index (χ0) is 12.9. The summed E-state index contributed by atoms with van der Waals surface area (Å²) in [6, 6.07) is 4.03. The van der Waals surface area contributed by atoms with Crippen molar-refractivity contribution in [3.63, 3.8) is 0 Å². The van der Waals surface area contributed by atoms with Gasteiger partial charge in [-0.05, 0) is 44.6 Å². The van der Waals surface area contributed by atoms with Crippen LogP contribution >= 0.6 is 12.4 Å². The Morgan fingerprint density at radius 3 is 2.56 bits per heavy atom. The molecule has 0 unspecified atom stereocenters. The second-order valence-electron chi connectivity index (χ2n) is 3.79. The number of rotatable bonds is 6. The van der Waals surface area contributed by atoms with Gasteiger partial charge in [-0.3, -0.25) is 0 Å². The highest BCUT2D eigenvalue weighted by Crippen LogP contribution is 2.15. The molecule has 0 heterocycles. The van der Waals surface area contributed by atoms with Crippen molar-refractivity contribution >= 4 is 22.4 Å². The van der Waals surface area contributed by atoms with Gasteiger partial charge < -0.3 is 5.32 Å². The van der Waals surface area contributed by atoms with E-state index in [2.05, 4.69) is 10.0 Å². The molecule has 7 heteroatoms. The first kappa shape index (κ1) is 17.3. The van der Waals surface area contributed by atoms with Crippen LogP contribution in [0, 0.1) is 12.7 Å². The van der Waals surface area contributed by atoms with Crippen LogP contribution in [0.1, 0.15) is 12.0 Å². The molecule has 0 aliphatic carbocycles. The number of halogens is 2. The van der Waals surface area contributed by atoms with E-state index in [9.17, 15) is 12.8 Å². The fourth-order valence-electron chi connectivity index (χ4n) is 1.37. The largest absolute Gasteiger partial charge is 0.320 e. The first-order valence-corrected chi connectivity index (χ1v) is 6.86. The topological polar surface area (TPSA) is 58.2 Å². The van der Waals surface area contributed by atoms with Gasteiger partial charge in [-0.2, -0.15) is 0 Å². The second kappa shape index (κ2) is 7.68. The normalized spacial score (nSPS) is 11.1. The van der Waals surface area contributed by atoms with Gasteiger partial charge in [-0.1, -0.05) is 6.07 Å². The van der Waals surface area contributed by atoms with E-state index in [1.807, 2.05) is 0 Å². The molecule has 0 aromatic heterocycles. The van der Waals surface area contributed by atoms with Crippen molar-refractivity contribution in [1.82, 2.24) is 10.0 Å². The summed E-state index contributed by atoms with van der Waals surface area (Å²) in [4.78, 5) is -0.290. The van der Waals surface area contributed by atoms with E-state index in [-0.39, 0.29) is 23.8 Å². The Hall–Kier alpha value is -0.690. The van der Waals surface area contributed by atoms with Crippen LogP contribution in [0.3, 0.4) is 0 Å². The summed E-state index contributed by atoms with van der Waals surface area (Å²) in [5.41, 5.74) is 0.710. The molecule has 104 valence electrons. The molecule has 0 fully saturated rings. The van der Waals surface area contributed by atoms with Gasteiger partial charge in [-0.15, -0.1) is 12.4 Å². The van der Waals surface area contributed by atoms with E-state index >= 15 is 0 Å². The molecule has 1 aromatic carbocycles. The minimum absolute atomic E-state index is 0. The molecule has 0 saturated heterocycles. The van der Waals surface area contributed by atoms with Gasteiger partial charge in [-0.25, -0.2) is 17.5 Å². The predicted octanol–water partition coefficient (Wildman–Crippen LogP) is 1.44. The van der Waals surface area contributed by atoms with Gasteiger partial charge in [0.05, 0.1) is 0 Å². The fourth-order valence-corrected chi connectivity index (χ4v) is 2.60. The van der Waals surface area contributed by atoms with E-state index in [4.69, 9.17) is 0 Å². The summed E-state index contributed by atoms with van der Waals surface area (Å²) < 4.78 is 39.4. The smallest absolute Gasteiger partial charge is 0.243 e. The number of benzene rings is 1. The van der Waals surface area contributed by atoms with Crippen LogP contribution in [0.15, 0.2) is 23.1 Å². The van der Waals surface area contributed by atoms with Crippen molar-refractivity contribution in [3.05, 3.63) is 29.6 Å². The summed E-state index contributed by atoms with van der Waals surface area (Å²) in [6.45, 7) is 2.72. The third kappa shape index (κ3) is 4.89. The lowest BCUT2D eigenvalue weighted by molar-refractivity contribution is 0.554. The van der Waals surface area contributed by atoms with Crippen molar-refractivity contribution in [2.45, 2.75) is 18.2 Å². The third-order valence-corrected chi connectivity index (χ3v) is 3.75. The Morgan fingerprint density at radius 2 is 1.94 bits per heavy atom. The standard InChI is InChI=1S/C11H17FN2O2S.ClH/c1-9-4-5-10(12)11(8-9)17(15,16)14-7-3-6-13-2;/h4-5,8,13-14H,3,6-7H2,1-2H3;1H. The SMILES string of the molecule is CNCCCNS(=O)(=O)c1cc(C)ccc1F.Cl. The Bertz CT molecular complexity index is 480. The van der Waals surface area contributed by atoms with Gasteiger partial charge in [0.2, 0.25) is 10.0 Å². The molecule has 0 atom stereocenters. The Kier molecular flexibility index (Phi) is 7.39. The number of hydrogen-bond acceptors (Lipinski definition) is 3. The Labute approximate surface area is 113 Å². The summed E-state index contributed by atoms with van der Waals surface area (Å²) >= 11 is 0. The number of hydrogen-bond donors (Lipinski definition) is 2. The molecule has 18 heavy (non-hydrogen) atoms. The molecule has 4 nitrogen and oxygen atoms in total. The molecule has 0 spiro atoms. The monoisotopic (exact) mass is 296 g/mol. The lowest BCUT2D eigenvalue weighted by Crippen LogP contribution is -2.27. The molecule has 0 aliphatic rings. The number of sulfonamides is 1. The highest BCUT2D eigenvalue weighted by Gasteiger charge is 2.18. The summed E-state index contributed by atoms with van der Waals surface area (Å²) in [7, 11) is -1.96. The van der Waals surface area contributed by atoms with Crippen molar-refractivity contribution in [1.29, 1.82) is 0 Å². The zero-order valence-electron chi connectivity index (χ0n) is 10.4. The average molecular weight is 297 g/mol. The number of aryl methyl sites for hydroxylation is 1. The Morgan fingerprint density at radius 1 is 1.28 bits per heavy atom. The molecule has 1 aromatic rings. The van der Waals surface area contributed by atoms with Crippen LogP contribution in [-0.2, 0) is 10.0 Å². The highest BCUT2D eigenvalue weighted by atomic mass is 35.5. The first-order chi connectivity index (χ1) is 7.97. The van der Waals surface area contributed by atoms with E-state index in [1.165, 1.54) is 12.1 Å². The van der Waals surface area contributed by atoms with Crippen molar-refractivity contribution < 1.29 is 12.8 Å². The summed E-state index contributed by atoms with van der Waals surface area (Å²) in [5, 5.41) is 2.91. The van der Waals surface area contributed by atoms with Gasteiger partial charge in [0, 0.05) is 6.54 Å². The lowest BCUT2D eigenvalue weighted by atomic mass is 10.2. The molecule has 0 amide bonds. The van der Waals surface area contributed by atoms with E-state index in [0.29, 0.717) is 18.5 Å². The summed E-state index contributed by atoms with van der Waals surface area (Å²) in [5.74, 6) is -0.725. The average Bonchev–Trinajstić information content (AvgIpc) is 2.28.